The fourth-order valence-corrected chi connectivity index (χ4v) is 1.87. The molecule has 1 aromatic carbocycles. The summed E-state index contributed by atoms with van der Waals surface area (Å²) in [5, 5.41) is 3.89. The summed E-state index contributed by atoms with van der Waals surface area (Å²) in [7, 11) is 0. The Bertz CT molecular complexity index is 421. The molecule has 0 saturated heterocycles. The maximum absolute atomic E-state index is 11.1. The maximum atomic E-state index is 11.1. The van der Waals surface area contributed by atoms with E-state index in [-0.39, 0.29) is 5.91 Å². The molecule has 3 N–H and O–H groups in total. The Morgan fingerprint density at radius 3 is 2.76 bits per heavy atom. The van der Waals surface area contributed by atoms with Crippen molar-refractivity contribution < 1.29 is 4.79 Å². The first-order chi connectivity index (χ1) is 7.83. The van der Waals surface area contributed by atoms with Crippen molar-refractivity contribution in [3.8, 4) is 0 Å². The molecule has 0 aliphatic carbocycles. The molecule has 0 aromatic heterocycles. The Morgan fingerprint density at radius 1 is 1.53 bits per heavy atom. The number of hydrogen-bond acceptors (Lipinski definition) is 2. The van der Waals surface area contributed by atoms with E-state index in [1.165, 1.54) is 0 Å². The van der Waals surface area contributed by atoms with Gasteiger partial charge in [0.2, 0.25) is 5.91 Å². The minimum Gasteiger partial charge on any atom is -0.369 e. The number of carbonyl (C=O) groups is 1. The highest BCUT2D eigenvalue weighted by Crippen LogP contribution is 2.21. The topological polar surface area (TPSA) is 55.1 Å². The van der Waals surface area contributed by atoms with Gasteiger partial charge >= 0.3 is 0 Å². The van der Waals surface area contributed by atoms with Crippen LogP contribution < -0.4 is 11.1 Å². The minimum atomic E-state index is -0.557. The molecule has 1 amide bonds. The Labute approximate surface area is 115 Å². The number of hydrogen-bond donors (Lipinski definition) is 2. The van der Waals surface area contributed by atoms with Crippen LogP contribution in [-0.2, 0) is 11.3 Å². The van der Waals surface area contributed by atoms with Gasteiger partial charge in [-0.25, -0.2) is 0 Å². The molecule has 0 radical (unpaired) electrons. The molecule has 3 nitrogen and oxygen atoms in total. The van der Waals surface area contributed by atoms with Crippen molar-refractivity contribution in [2.75, 3.05) is 6.54 Å². The second kappa shape index (κ2) is 5.85. The highest BCUT2D eigenvalue weighted by atomic mass is 79.9. The summed E-state index contributed by atoms with van der Waals surface area (Å²) < 4.78 is 0.980. The Hall–Kier alpha value is -0.580. The fraction of sp³-hybridized carbons (Fsp3) is 0.417. The molecule has 0 saturated carbocycles. The number of rotatable bonds is 5. The Kier molecular flexibility index (Phi) is 4.98. The SMILES string of the molecule is CC(C)(CNCc1cc(Br)ccc1Cl)C(N)=O. The van der Waals surface area contributed by atoms with Crippen LogP contribution in [0.5, 0.6) is 0 Å². The van der Waals surface area contributed by atoms with Crippen LogP contribution in [0, 0.1) is 5.41 Å². The summed E-state index contributed by atoms with van der Waals surface area (Å²) in [5.74, 6) is -0.315. The lowest BCUT2D eigenvalue weighted by Gasteiger charge is -2.21. The summed E-state index contributed by atoms with van der Waals surface area (Å²) in [5.41, 5.74) is 5.72. The molecule has 0 atom stereocenters. The van der Waals surface area contributed by atoms with Crippen LogP contribution in [0.1, 0.15) is 19.4 Å². The first-order valence-electron chi connectivity index (χ1n) is 5.27. The van der Waals surface area contributed by atoms with Crippen molar-refractivity contribution in [2.24, 2.45) is 11.1 Å². The summed E-state index contributed by atoms with van der Waals surface area (Å²) >= 11 is 9.45. The zero-order valence-corrected chi connectivity index (χ0v) is 12.2. The molecule has 0 unspecified atom stereocenters. The molecule has 0 heterocycles. The molecule has 1 aromatic rings. The first kappa shape index (κ1) is 14.5. The minimum absolute atomic E-state index is 0.315. The third-order valence-corrected chi connectivity index (χ3v) is 3.42. The zero-order chi connectivity index (χ0) is 13.1. The molecular weight excluding hydrogens is 304 g/mol. The lowest BCUT2D eigenvalue weighted by Crippen LogP contribution is -2.40. The molecule has 5 heteroatoms. The van der Waals surface area contributed by atoms with Crippen LogP contribution in [0.4, 0.5) is 0 Å². The highest BCUT2D eigenvalue weighted by molar-refractivity contribution is 9.10. The Morgan fingerprint density at radius 2 is 2.18 bits per heavy atom. The average Bonchev–Trinajstić information content (AvgIpc) is 2.22. The van der Waals surface area contributed by atoms with Gasteiger partial charge in [-0.05, 0) is 37.6 Å². The number of halogens is 2. The molecule has 0 bridgehead atoms. The van der Waals surface area contributed by atoms with Crippen molar-refractivity contribution in [3.05, 3.63) is 33.3 Å². The molecule has 94 valence electrons. The van der Waals surface area contributed by atoms with Gasteiger partial charge in [-0.2, -0.15) is 0 Å². The second-order valence-electron chi connectivity index (χ2n) is 4.59. The quantitative estimate of drug-likeness (QED) is 0.877. The van der Waals surface area contributed by atoms with Gasteiger partial charge < -0.3 is 11.1 Å². The fourth-order valence-electron chi connectivity index (χ4n) is 1.28. The highest BCUT2D eigenvalue weighted by Gasteiger charge is 2.24. The van der Waals surface area contributed by atoms with Crippen LogP contribution in [0.2, 0.25) is 5.02 Å². The largest absolute Gasteiger partial charge is 0.369 e. The van der Waals surface area contributed by atoms with Crippen LogP contribution in [-0.4, -0.2) is 12.5 Å². The number of primary amides is 1. The van der Waals surface area contributed by atoms with Crippen molar-refractivity contribution in [2.45, 2.75) is 20.4 Å². The van der Waals surface area contributed by atoms with Crippen molar-refractivity contribution in [3.63, 3.8) is 0 Å². The summed E-state index contributed by atoms with van der Waals surface area (Å²) in [6, 6.07) is 5.67. The third-order valence-electron chi connectivity index (χ3n) is 2.56. The standard InChI is InChI=1S/C12H16BrClN2O/c1-12(2,11(15)17)7-16-6-8-5-9(13)3-4-10(8)14/h3-5,16H,6-7H2,1-2H3,(H2,15,17). The van der Waals surface area contributed by atoms with Gasteiger partial charge in [-0.3, -0.25) is 4.79 Å². The lowest BCUT2D eigenvalue weighted by molar-refractivity contribution is -0.125. The van der Waals surface area contributed by atoms with Gasteiger partial charge in [-0.15, -0.1) is 0 Å². The number of nitrogens with one attached hydrogen (secondary N) is 1. The third kappa shape index (κ3) is 4.30. The summed E-state index contributed by atoms with van der Waals surface area (Å²) in [6.45, 7) is 4.75. The molecule has 17 heavy (non-hydrogen) atoms. The van der Waals surface area contributed by atoms with E-state index in [1.807, 2.05) is 32.0 Å². The number of amides is 1. The van der Waals surface area contributed by atoms with E-state index < -0.39 is 5.41 Å². The van der Waals surface area contributed by atoms with E-state index in [0.29, 0.717) is 18.1 Å². The molecule has 1 rings (SSSR count). The zero-order valence-electron chi connectivity index (χ0n) is 9.89. The van der Waals surface area contributed by atoms with E-state index in [0.717, 1.165) is 10.0 Å². The van der Waals surface area contributed by atoms with Gasteiger partial charge in [0.1, 0.15) is 0 Å². The van der Waals surface area contributed by atoms with Crippen molar-refractivity contribution in [1.82, 2.24) is 5.32 Å². The molecule has 0 fully saturated rings. The first-order valence-corrected chi connectivity index (χ1v) is 6.44. The predicted molar refractivity (Wildman–Crippen MR) is 73.8 cm³/mol. The second-order valence-corrected chi connectivity index (χ2v) is 5.91. The molecule has 0 aliphatic heterocycles. The van der Waals surface area contributed by atoms with Crippen molar-refractivity contribution >= 4 is 33.4 Å². The van der Waals surface area contributed by atoms with Crippen LogP contribution >= 0.6 is 27.5 Å². The predicted octanol–water partition coefficient (Wildman–Crippen LogP) is 2.70. The average molecular weight is 320 g/mol. The van der Waals surface area contributed by atoms with E-state index in [1.54, 1.807) is 0 Å². The number of carbonyl (C=O) groups excluding carboxylic acids is 1. The van der Waals surface area contributed by atoms with E-state index in [9.17, 15) is 4.79 Å². The molecule has 0 spiro atoms. The van der Waals surface area contributed by atoms with Crippen LogP contribution in [0.25, 0.3) is 0 Å². The van der Waals surface area contributed by atoms with E-state index in [4.69, 9.17) is 17.3 Å². The maximum Gasteiger partial charge on any atom is 0.224 e. The van der Waals surface area contributed by atoms with Gasteiger partial charge in [-0.1, -0.05) is 27.5 Å². The normalized spacial score (nSPS) is 11.5. The van der Waals surface area contributed by atoms with Crippen molar-refractivity contribution in [1.29, 1.82) is 0 Å². The van der Waals surface area contributed by atoms with Gasteiger partial charge in [0.25, 0.3) is 0 Å². The van der Waals surface area contributed by atoms with Crippen LogP contribution in [0.3, 0.4) is 0 Å². The van der Waals surface area contributed by atoms with E-state index in [2.05, 4.69) is 21.2 Å². The van der Waals surface area contributed by atoms with Gasteiger partial charge in [0.15, 0.2) is 0 Å². The number of benzene rings is 1. The van der Waals surface area contributed by atoms with Gasteiger partial charge in [0.05, 0.1) is 5.41 Å². The summed E-state index contributed by atoms with van der Waals surface area (Å²) in [6.07, 6.45) is 0. The Balaban J connectivity index is 2.57. The lowest BCUT2D eigenvalue weighted by atomic mass is 9.93. The van der Waals surface area contributed by atoms with E-state index >= 15 is 0 Å². The molecular formula is C12H16BrClN2O. The van der Waals surface area contributed by atoms with Gasteiger partial charge in [0, 0.05) is 22.6 Å². The monoisotopic (exact) mass is 318 g/mol. The van der Waals surface area contributed by atoms with Crippen LogP contribution in [0.15, 0.2) is 22.7 Å². The number of nitrogens with two attached hydrogens (primary N) is 1. The summed E-state index contributed by atoms with van der Waals surface area (Å²) in [4.78, 5) is 11.1. The smallest absolute Gasteiger partial charge is 0.224 e. The molecule has 0 aliphatic rings.